The molecule has 1 atom stereocenters. The molecular weight excluding hydrogens is 260 g/mol. The Kier molecular flexibility index (Phi) is 3.76. The second kappa shape index (κ2) is 5.70. The molecule has 0 bridgehead atoms. The maximum atomic E-state index is 12.7. The van der Waals surface area contributed by atoms with Crippen LogP contribution in [0.15, 0.2) is 48.5 Å². The molecule has 1 amide bonds. The maximum Gasteiger partial charge on any atom is 0.254 e. The summed E-state index contributed by atoms with van der Waals surface area (Å²) >= 11 is 0. The molecule has 1 unspecified atom stereocenters. The Hall–Kier alpha value is -2.13. The highest BCUT2D eigenvalue weighted by Gasteiger charge is 2.32. The molecule has 2 aromatic carbocycles. The van der Waals surface area contributed by atoms with Gasteiger partial charge in [0.25, 0.3) is 5.91 Å². The molecule has 1 fully saturated rings. The van der Waals surface area contributed by atoms with Crippen molar-refractivity contribution in [2.45, 2.75) is 19.4 Å². The second-order valence-corrected chi connectivity index (χ2v) is 5.59. The van der Waals surface area contributed by atoms with Crippen molar-refractivity contribution in [3.8, 4) is 11.1 Å². The van der Waals surface area contributed by atoms with Crippen molar-refractivity contribution in [3.63, 3.8) is 0 Å². The molecule has 108 valence electrons. The predicted molar refractivity (Wildman–Crippen MR) is 85.1 cm³/mol. The molecule has 3 heteroatoms. The summed E-state index contributed by atoms with van der Waals surface area (Å²) in [5.74, 6) is 0.0915. The van der Waals surface area contributed by atoms with Crippen LogP contribution in [0.5, 0.6) is 0 Å². The van der Waals surface area contributed by atoms with E-state index in [2.05, 4.69) is 25.1 Å². The Labute approximate surface area is 125 Å². The molecule has 0 spiro atoms. The van der Waals surface area contributed by atoms with Crippen molar-refractivity contribution in [3.05, 3.63) is 59.7 Å². The van der Waals surface area contributed by atoms with E-state index >= 15 is 0 Å². The Bertz CT molecular complexity index is 664. The van der Waals surface area contributed by atoms with Crippen molar-refractivity contribution < 1.29 is 4.79 Å². The van der Waals surface area contributed by atoms with Gasteiger partial charge in [0, 0.05) is 24.7 Å². The third-order valence-corrected chi connectivity index (χ3v) is 4.16. The van der Waals surface area contributed by atoms with Gasteiger partial charge in [0.2, 0.25) is 0 Å². The van der Waals surface area contributed by atoms with E-state index in [-0.39, 0.29) is 11.9 Å². The lowest BCUT2D eigenvalue weighted by atomic mass is 9.95. The smallest absolute Gasteiger partial charge is 0.254 e. The number of aryl methyl sites for hydroxylation is 1. The molecule has 0 saturated carbocycles. The van der Waals surface area contributed by atoms with Gasteiger partial charge in [-0.3, -0.25) is 4.79 Å². The molecule has 21 heavy (non-hydrogen) atoms. The number of rotatable bonds is 3. The SMILES string of the molecule is Cc1cccc(-c2ccccc2C(=O)N2CCC2CN)c1. The molecule has 2 N–H and O–H groups in total. The molecule has 0 aliphatic carbocycles. The highest BCUT2D eigenvalue weighted by Crippen LogP contribution is 2.28. The van der Waals surface area contributed by atoms with Crippen molar-refractivity contribution >= 4 is 5.91 Å². The fourth-order valence-corrected chi connectivity index (χ4v) is 2.84. The van der Waals surface area contributed by atoms with Gasteiger partial charge in [-0.1, -0.05) is 48.0 Å². The number of hydrogen-bond donors (Lipinski definition) is 1. The molecular formula is C18H20N2O. The van der Waals surface area contributed by atoms with Gasteiger partial charge in [0.15, 0.2) is 0 Å². The van der Waals surface area contributed by atoms with Crippen molar-refractivity contribution in [2.24, 2.45) is 5.73 Å². The first-order valence-electron chi connectivity index (χ1n) is 7.38. The number of nitrogens with zero attached hydrogens (tertiary/aromatic N) is 1. The average molecular weight is 280 g/mol. The zero-order chi connectivity index (χ0) is 14.8. The molecule has 1 heterocycles. The summed E-state index contributed by atoms with van der Waals surface area (Å²) in [7, 11) is 0. The summed E-state index contributed by atoms with van der Waals surface area (Å²) in [5.41, 5.74) is 9.75. The highest BCUT2D eigenvalue weighted by molar-refractivity contribution is 6.01. The molecule has 3 nitrogen and oxygen atoms in total. The van der Waals surface area contributed by atoms with E-state index < -0.39 is 0 Å². The fraction of sp³-hybridized carbons (Fsp3) is 0.278. The quantitative estimate of drug-likeness (QED) is 0.939. The van der Waals surface area contributed by atoms with Gasteiger partial charge < -0.3 is 10.6 Å². The molecule has 0 aromatic heterocycles. The lowest BCUT2D eigenvalue weighted by Crippen LogP contribution is -2.54. The lowest BCUT2D eigenvalue weighted by molar-refractivity contribution is 0.0482. The van der Waals surface area contributed by atoms with Crippen molar-refractivity contribution in [2.75, 3.05) is 13.1 Å². The molecule has 3 rings (SSSR count). The molecule has 1 saturated heterocycles. The van der Waals surface area contributed by atoms with Gasteiger partial charge in [-0.15, -0.1) is 0 Å². The van der Waals surface area contributed by atoms with E-state index in [0.29, 0.717) is 6.54 Å². The minimum atomic E-state index is 0.0915. The van der Waals surface area contributed by atoms with E-state index in [9.17, 15) is 4.79 Å². The zero-order valence-electron chi connectivity index (χ0n) is 12.3. The Morgan fingerprint density at radius 3 is 2.71 bits per heavy atom. The third kappa shape index (κ3) is 2.57. The number of likely N-dealkylation sites (tertiary alicyclic amines) is 1. The topological polar surface area (TPSA) is 46.3 Å². The van der Waals surface area contributed by atoms with Gasteiger partial charge in [-0.25, -0.2) is 0 Å². The lowest BCUT2D eigenvalue weighted by Gasteiger charge is -2.40. The maximum absolute atomic E-state index is 12.7. The van der Waals surface area contributed by atoms with Gasteiger partial charge in [-0.05, 0) is 30.5 Å². The van der Waals surface area contributed by atoms with Crippen LogP contribution in [-0.2, 0) is 0 Å². The number of carbonyl (C=O) groups excluding carboxylic acids is 1. The summed E-state index contributed by atoms with van der Waals surface area (Å²) in [6, 6.07) is 16.3. The van der Waals surface area contributed by atoms with E-state index in [0.717, 1.165) is 29.7 Å². The summed E-state index contributed by atoms with van der Waals surface area (Å²) in [6.45, 7) is 3.41. The molecule has 1 aliphatic rings. The largest absolute Gasteiger partial charge is 0.334 e. The number of hydrogen-bond acceptors (Lipinski definition) is 2. The van der Waals surface area contributed by atoms with E-state index in [1.165, 1.54) is 5.56 Å². The normalized spacial score (nSPS) is 17.4. The van der Waals surface area contributed by atoms with Gasteiger partial charge in [0.1, 0.15) is 0 Å². The van der Waals surface area contributed by atoms with Crippen LogP contribution in [0.2, 0.25) is 0 Å². The van der Waals surface area contributed by atoms with Crippen molar-refractivity contribution in [1.82, 2.24) is 4.90 Å². The summed E-state index contributed by atoms with van der Waals surface area (Å²) in [5, 5.41) is 0. The monoisotopic (exact) mass is 280 g/mol. The van der Waals surface area contributed by atoms with Crippen LogP contribution in [0.1, 0.15) is 22.3 Å². The number of nitrogens with two attached hydrogens (primary N) is 1. The number of carbonyl (C=O) groups is 1. The Morgan fingerprint density at radius 1 is 1.24 bits per heavy atom. The first-order valence-corrected chi connectivity index (χ1v) is 7.38. The summed E-state index contributed by atoms with van der Waals surface area (Å²) in [6.07, 6.45) is 1.01. The predicted octanol–water partition coefficient (Wildman–Crippen LogP) is 2.84. The zero-order valence-corrected chi connectivity index (χ0v) is 12.3. The van der Waals surface area contributed by atoms with E-state index in [4.69, 9.17) is 5.73 Å². The van der Waals surface area contributed by atoms with Gasteiger partial charge >= 0.3 is 0 Å². The molecule has 1 aliphatic heterocycles. The number of benzene rings is 2. The van der Waals surface area contributed by atoms with Crippen LogP contribution in [0.4, 0.5) is 0 Å². The second-order valence-electron chi connectivity index (χ2n) is 5.59. The van der Waals surface area contributed by atoms with E-state index in [1.807, 2.05) is 35.2 Å². The Morgan fingerprint density at radius 2 is 2.05 bits per heavy atom. The van der Waals surface area contributed by atoms with Crippen LogP contribution in [0.3, 0.4) is 0 Å². The average Bonchev–Trinajstić information content (AvgIpc) is 2.46. The Balaban J connectivity index is 1.98. The number of amides is 1. The van der Waals surface area contributed by atoms with Gasteiger partial charge in [0.05, 0.1) is 0 Å². The third-order valence-electron chi connectivity index (χ3n) is 4.16. The molecule has 0 radical (unpaired) electrons. The van der Waals surface area contributed by atoms with E-state index in [1.54, 1.807) is 0 Å². The standard InChI is InChI=1S/C18H20N2O/c1-13-5-4-6-14(11-13)16-7-2-3-8-17(16)18(21)20-10-9-15(20)12-19/h2-8,11,15H,9-10,12,19H2,1H3. The van der Waals surface area contributed by atoms with Crippen LogP contribution >= 0.6 is 0 Å². The fourth-order valence-electron chi connectivity index (χ4n) is 2.84. The van der Waals surface area contributed by atoms with Crippen LogP contribution in [0.25, 0.3) is 11.1 Å². The minimum absolute atomic E-state index is 0.0915. The minimum Gasteiger partial charge on any atom is -0.334 e. The first-order chi connectivity index (χ1) is 10.2. The van der Waals surface area contributed by atoms with Crippen LogP contribution in [-0.4, -0.2) is 29.9 Å². The van der Waals surface area contributed by atoms with Crippen LogP contribution in [0, 0.1) is 6.92 Å². The van der Waals surface area contributed by atoms with Gasteiger partial charge in [-0.2, -0.15) is 0 Å². The summed E-state index contributed by atoms with van der Waals surface area (Å²) < 4.78 is 0. The highest BCUT2D eigenvalue weighted by atomic mass is 16.2. The first kappa shape index (κ1) is 13.8. The summed E-state index contributed by atoms with van der Waals surface area (Å²) in [4.78, 5) is 14.6. The molecule has 2 aromatic rings. The van der Waals surface area contributed by atoms with Crippen LogP contribution < -0.4 is 5.73 Å². The van der Waals surface area contributed by atoms with Crippen molar-refractivity contribution in [1.29, 1.82) is 0 Å².